The minimum absolute atomic E-state index is 0.0777. The van der Waals surface area contributed by atoms with Crippen molar-refractivity contribution in [1.82, 2.24) is 0 Å². The molecule has 0 amide bonds. The van der Waals surface area contributed by atoms with Crippen molar-refractivity contribution in [1.29, 1.82) is 0 Å². The Bertz CT molecular complexity index is 138. The number of rotatable bonds is 3. The van der Waals surface area contributed by atoms with Crippen LogP contribution in [0, 0.1) is 6.92 Å². The Balaban J connectivity index is 3.50. The van der Waals surface area contributed by atoms with Crippen LogP contribution >= 0.6 is 0 Å². The van der Waals surface area contributed by atoms with Gasteiger partial charge in [0.25, 0.3) is 0 Å². The molecule has 0 aliphatic carbocycles. The molecule has 0 rings (SSSR count). The van der Waals surface area contributed by atoms with Gasteiger partial charge in [0.15, 0.2) is 0 Å². The fourth-order valence-electron chi connectivity index (χ4n) is 0.295. The summed E-state index contributed by atoms with van der Waals surface area (Å²) in [6, 6.07) is 0. The lowest BCUT2D eigenvalue weighted by atomic mass is 10.3. The molecular weight excluding hydrogens is 132 g/mol. The normalized spacial score (nSPS) is 12.3. The van der Waals surface area contributed by atoms with Gasteiger partial charge in [-0.2, -0.15) is 0 Å². The molecule has 1 radical (unpaired) electrons. The summed E-state index contributed by atoms with van der Waals surface area (Å²) >= 11 is 0. The van der Waals surface area contributed by atoms with Crippen molar-refractivity contribution >= 4 is 5.97 Å². The van der Waals surface area contributed by atoms with Crippen molar-refractivity contribution in [2.24, 2.45) is 0 Å². The first-order valence-electron chi connectivity index (χ1n) is 2.88. The molecule has 0 saturated carbocycles. The van der Waals surface area contributed by atoms with E-state index in [0.29, 0.717) is 5.57 Å². The molecule has 0 fully saturated rings. The van der Waals surface area contributed by atoms with Crippen molar-refractivity contribution < 1.29 is 14.6 Å². The average Bonchev–Trinajstić information content (AvgIpc) is 1.82. The number of aliphatic hydroxyl groups is 1. The Hall–Kier alpha value is -0.830. The zero-order valence-electron chi connectivity index (χ0n) is 5.96. The van der Waals surface area contributed by atoms with Gasteiger partial charge in [-0.15, -0.1) is 0 Å². The molecule has 0 aromatic heterocycles. The summed E-state index contributed by atoms with van der Waals surface area (Å²) in [5.41, 5.74) is 0.320. The first-order chi connectivity index (χ1) is 4.54. The maximum Gasteiger partial charge on any atom is 0.333 e. The fourth-order valence-corrected chi connectivity index (χ4v) is 0.295. The van der Waals surface area contributed by atoms with Crippen molar-refractivity contribution in [3.8, 4) is 0 Å². The van der Waals surface area contributed by atoms with Crippen molar-refractivity contribution in [3.05, 3.63) is 19.1 Å². The minimum atomic E-state index is -0.858. The van der Waals surface area contributed by atoms with Crippen molar-refractivity contribution in [2.45, 2.75) is 13.0 Å². The van der Waals surface area contributed by atoms with E-state index in [-0.39, 0.29) is 6.61 Å². The lowest BCUT2D eigenvalue weighted by Crippen LogP contribution is -2.15. The van der Waals surface area contributed by atoms with Crippen LogP contribution in [0.5, 0.6) is 0 Å². The molecule has 0 aliphatic rings. The van der Waals surface area contributed by atoms with Crippen LogP contribution in [0.4, 0.5) is 0 Å². The van der Waals surface area contributed by atoms with E-state index in [1.54, 1.807) is 0 Å². The third-order valence-corrected chi connectivity index (χ3v) is 0.755. The third-order valence-electron chi connectivity index (χ3n) is 0.755. The van der Waals surface area contributed by atoms with Gasteiger partial charge in [0.1, 0.15) is 6.61 Å². The van der Waals surface area contributed by atoms with E-state index in [9.17, 15) is 4.79 Å². The SMILES string of the molecule is [CH2]C(O)COC(=O)C(=C)C. The molecule has 0 aliphatic heterocycles. The molecule has 1 unspecified atom stereocenters. The van der Waals surface area contributed by atoms with Crippen molar-refractivity contribution in [3.63, 3.8) is 0 Å². The summed E-state index contributed by atoms with van der Waals surface area (Å²) in [6.45, 7) is 8.04. The summed E-state index contributed by atoms with van der Waals surface area (Å²) in [5.74, 6) is -0.497. The van der Waals surface area contributed by atoms with Crippen LogP contribution < -0.4 is 0 Å². The molecule has 0 saturated heterocycles. The van der Waals surface area contributed by atoms with Crippen LogP contribution in [0.2, 0.25) is 0 Å². The molecule has 1 N–H and O–H groups in total. The highest BCUT2D eigenvalue weighted by Crippen LogP contribution is 1.92. The molecule has 0 heterocycles. The first kappa shape index (κ1) is 9.17. The van der Waals surface area contributed by atoms with E-state index in [1.165, 1.54) is 6.92 Å². The van der Waals surface area contributed by atoms with Gasteiger partial charge in [0.2, 0.25) is 0 Å². The zero-order valence-corrected chi connectivity index (χ0v) is 5.96. The molecule has 3 heteroatoms. The highest BCUT2D eigenvalue weighted by Gasteiger charge is 2.03. The Kier molecular flexibility index (Phi) is 3.72. The lowest BCUT2D eigenvalue weighted by molar-refractivity contribution is -0.141. The van der Waals surface area contributed by atoms with Crippen LogP contribution in [0.3, 0.4) is 0 Å². The number of esters is 1. The largest absolute Gasteiger partial charge is 0.460 e. The predicted molar refractivity (Wildman–Crippen MR) is 37.1 cm³/mol. The Morgan fingerprint density at radius 1 is 1.80 bits per heavy atom. The van der Waals surface area contributed by atoms with Gasteiger partial charge in [-0.1, -0.05) is 6.58 Å². The summed E-state index contributed by atoms with van der Waals surface area (Å²) in [6.07, 6.45) is -0.858. The second-order valence-electron chi connectivity index (χ2n) is 2.03. The minimum Gasteiger partial charge on any atom is -0.460 e. The van der Waals surface area contributed by atoms with Gasteiger partial charge in [0.05, 0.1) is 6.10 Å². The summed E-state index contributed by atoms with van der Waals surface area (Å²) in [4.78, 5) is 10.6. The molecule has 0 bridgehead atoms. The van der Waals surface area contributed by atoms with Crippen LogP contribution in [0.15, 0.2) is 12.2 Å². The predicted octanol–water partition coefficient (Wildman–Crippen LogP) is 0.301. The van der Waals surface area contributed by atoms with Crippen LogP contribution in [0.1, 0.15) is 6.92 Å². The molecule has 3 nitrogen and oxygen atoms in total. The van der Waals surface area contributed by atoms with E-state index in [4.69, 9.17) is 5.11 Å². The average molecular weight is 143 g/mol. The number of carbonyl (C=O) groups excluding carboxylic acids is 1. The third kappa shape index (κ3) is 4.09. The monoisotopic (exact) mass is 143 g/mol. The van der Waals surface area contributed by atoms with Crippen molar-refractivity contribution in [2.75, 3.05) is 6.61 Å². The molecule has 10 heavy (non-hydrogen) atoms. The van der Waals surface area contributed by atoms with Crippen LogP contribution in [-0.4, -0.2) is 23.8 Å². The number of aliphatic hydroxyl groups excluding tert-OH is 1. The highest BCUT2D eigenvalue weighted by molar-refractivity contribution is 5.86. The second-order valence-corrected chi connectivity index (χ2v) is 2.03. The molecule has 0 aromatic carbocycles. The zero-order chi connectivity index (χ0) is 8.15. The van der Waals surface area contributed by atoms with E-state index in [0.717, 1.165) is 0 Å². The van der Waals surface area contributed by atoms with Gasteiger partial charge in [-0.3, -0.25) is 0 Å². The summed E-state index contributed by atoms with van der Waals surface area (Å²) in [7, 11) is 0. The number of hydrogen-bond donors (Lipinski definition) is 1. The highest BCUT2D eigenvalue weighted by atomic mass is 16.5. The topological polar surface area (TPSA) is 46.5 Å². The van der Waals surface area contributed by atoms with Gasteiger partial charge >= 0.3 is 5.97 Å². The Morgan fingerprint density at radius 2 is 2.30 bits per heavy atom. The number of hydrogen-bond acceptors (Lipinski definition) is 3. The molecule has 57 valence electrons. The molecular formula is C7H11O3. The van der Waals surface area contributed by atoms with Gasteiger partial charge < -0.3 is 9.84 Å². The van der Waals surface area contributed by atoms with Crippen LogP contribution in [-0.2, 0) is 9.53 Å². The van der Waals surface area contributed by atoms with E-state index < -0.39 is 12.1 Å². The molecule has 0 spiro atoms. The first-order valence-corrected chi connectivity index (χ1v) is 2.88. The maximum atomic E-state index is 10.6. The molecule has 1 atom stereocenters. The Morgan fingerprint density at radius 3 is 2.60 bits per heavy atom. The van der Waals surface area contributed by atoms with E-state index in [1.807, 2.05) is 0 Å². The number of ether oxygens (including phenoxy) is 1. The lowest BCUT2D eigenvalue weighted by Gasteiger charge is -2.04. The summed E-state index contributed by atoms with van der Waals surface area (Å²) in [5, 5.41) is 8.57. The molecule has 0 aromatic rings. The van der Waals surface area contributed by atoms with Gasteiger partial charge in [-0.25, -0.2) is 4.79 Å². The number of carbonyl (C=O) groups is 1. The second kappa shape index (κ2) is 4.06. The maximum absolute atomic E-state index is 10.6. The fraction of sp³-hybridized carbons (Fsp3) is 0.429. The smallest absolute Gasteiger partial charge is 0.333 e. The van der Waals surface area contributed by atoms with Gasteiger partial charge in [-0.05, 0) is 13.8 Å². The van der Waals surface area contributed by atoms with Crippen LogP contribution in [0.25, 0.3) is 0 Å². The Labute approximate surface area is 60.3 Å². The standard InChI is InChI=1S/C7H11O3/c1-5(2)7(9)10-4-6(3)8/h6,8H,1,3-4H2,2H3. The van der Waals surface area contributed by atoms with E-state index >= 15 is 0 Å². The quantitative estimate of drug-likeness (QED) is 0.456. The summed E-state index contributed by atoms with van der Waals surface area (Å²) < 4.78 is 4.51. The van der Waals surface area contributed by atoms with Gasteiger partial charge in [0, 0.05) is 5.57 Å². The van der Waals surface area contributed by atoms with E-state index in [2.05, 4.69) is 18.2 Å².